The van der Waals surface area contributed by atoms with Crippen LogP contribution in [-0.2, 0) is 35.1 Å². The third-order valence-electron chi connectivity index (χ3n) is 13.9. The van der Waals surface area contributed by atoms with Gasteiger partial charge in [-0.1, -0.05) is 25.1 Å². The summed E-state index contributed by atoms with van der Waals surface area (Å²) in [6, 6.07) is 12.2. The van der Waals surface area contributed by atoms with Crippen LogP contribution in [0.2, 0.25) is 0 Å². The lowest BCUT2D eigenvalue weighted by atomic mass is 9.92. The topological polar surface area (TPSA) is 202 Å². The Kier molecular flexibility index (Phi) is 12.0. The van der Waals surface area contributed by atoms with Crippen molar-refractivity contribution in [3.05, 3.63) is 65.4 Å². The van der Waals surface area contributed by atoms with Crippen LogP contribution in [0.3, 0.4) is 0 Å². The molecule has 2 aromatic heterocycles. The van der Waals surface area contributed by atoms with Crippen LogP contribution < -0.4 is 15.4 Å². The van der Waals surface area contributed by atoms with Gasteiger partial charge < -0.3 is 54.1 Å². The third kappa shape index (κ3) is 8.13. The van der Waals surface area contributed by atoms with Crippen molar-refractivity contribution >= 4 is 45.8 Å². The van der Waals surface area contributed by atoms with Gasteiger partial charge >= 0.3 is 12.2 Å². The summed E-state index contributed by atoms with van der Waals surface area (Å²) < 4.78 is 27.2. The molecule has 4 amide bonds. The third-order valence-corrected chi connectivity index (χ3v) is 13.9. The van der Waals surface area contributed by atoms with E-state index in [1.807, 2.05) is 17.9 Å². The number of amides is 4. The highest BCUT2D eigenvalue weighted by Gasteiger charge is 2.44. The van der Waals surface area contributed by atoms with Crippen molar-refractivity contribution in [3.63, 3.8) is 0 Å². The summed E-state index contributed by atoms with van der Waals surface area (Å²) in [7, 11) is 5.56. The smallest absolute Gasteiger partial charge is 0.407 e. The molecule has 3 aromatic carbocycles. The maximum atomic E-state index is 14.1. The monoisotopic (exact) mass is 890 g/mol. The van der Waals surface area contributed by atoms with Crippen LogP contribution in [-0.4, -0.2) is 119 Å². The van der Waals surface area contributed by atoms with Gasteiger partial charge in [0.25, 0.3) is 0 Å². The highest BCUT2D eigenvalue weighted by atomic mass is 16.5. The number of nitrogens with one attached hydrogen (secondary N) is 4. The molecule has 2 unspecified atom stereocenters. The van der Waals surface area contributed by atoms with Gasteiger partial charge in [-0.25, -0.2) is 19.6 Å². The minimum Gasteiger partial charge on any atom is -0.488 e. The number of hydrogen-bond acceptors (Lipinski definition) is 11. The number of aromatic amines is 2. The van der Waals surface area contributed by atoms with E-state index in [4.69, 9.17) is 33.7 Å². The van der Waals surface area contributed by atoms with E-state index < -0.39 is 36.5 Å². The Labute approximate surface area is 377 Å². The fourth-order valence-corrected chi connectivity index (χ4v) is 9.98. The van der Waals surface area contributed by atoms with Crippen molar-refractivity contribution in [2.24, 2.45) is 5.92 Å². The van der Waals surface area contributed by atoms with E-state index in [0.29, 0.717) is 31.3 Å². The van der Waals surface area contributed by atoms with Crippen LogP contribution in [0.25, 0.3) is 44.2 Å². The van der Waals surface area contributed by atoms with E-state index in [1.165, 1.54) is 28.4 Å². The van der Waals surface area contributed by atoms with Crippen LogP contribution in [0.4, 0.5) is 9.59 Å². The Balaban J connectivity index is 1.00. The molecule has 2 saturated heterocycles. The summed E-state index contributed by atoms with van der Waals surface area (Å²) in [4.78, 5) is 73.9. The first-order valence-electron chi connectivity index (χ1n) is 22.5. The van der Waals surface area contributed by atoms with E-state index in [1.54, 1.807) is 18.7 Å². The summed E-state index contributed by atoms with van der Waals surface area (Å²) >= 11 is 0. The fraction of sp³-hybridized carbons (Fsp3) is 0.500. The van der Waals surface area contributed by atoms with Gasteiger partial charge in [-0.15, -0.1) is 0 Å². The Hall–Kier alpha value is -6.20. The summed E-state index contributed by atoms with van der Waals surface area (Å²) in [5.41, 5.74) is 7.68. The number of hydrogen-bond donors (Lipinski definition) is 4. The molecule has 65 heavy (non-hydrogen) atoms. The van der Waals surface area contributed by atoms with Gasteiger partial charge in [-0.3, -0.25) is 9.59 Å². The minimum atomic E-state index is -0.938. The lowest BCUT2D eigenvalue weighted by Gasteiger charge is -2.33. The minimum absolute atomic E-state index is 0.0847. The van der Waals surface area contributed by atoms with Crippen LogP contribution in [0.1, 0.15) is 101 Å². The average Bonchev–Trinajstić information content (AvgIpc) is 3.58. The number of carbonyl (C=O) groups is 4. The maximum absolute atomic E-state index is 14.1. The number of alkyl carbamates (subject to hydrolysis) is 2. The van der Waals surface area contributed by atoms with Crippen LogP contribution in [0, 0.1) is 5.92 Å². The van der Waals surface area contributed by atoms with Gasteiger partial charge in [0.1, 0.15) is 36.1 Å². The van der Waals surface area contributed by atoms with Crippen LogP contribution in [0.5, 0.6) is 5.75 Å². The van der Waals surface area contributed by atoms with E-state index in [9.17, 15) is 19.2 Å². The Morgan fingerprint density at radius 3 is 2.15 bits per heavy atom. The molecule has 17 heteroatoms. The van der Waals surface area contributed by atoms with Crippen molar-refractivity contribution < 1.29 is 42.9 Å². The second-order valence-electron chi connectivity index (χ2n) is 18.1. The van der Waals surface area contributed by atoms with E-state index in [-0.39, 0.29) is 35.9 Å². The number of H-pyrrole nitrogens is 2. The first kappa shape index (κ1) is 44.0. The van der Waals surface area contributed by atoms with E-state index >= 15 is 0 Å². The largest absolute Gasteiger partial charge is 0.488 e. The van der Waals surface area contributed by atoms with Gasteiger partial charge in [-0.05, 0) is 99.6 Å². The van der Waals surface area contributed by atoms with Gasteiger partial charge in [0.15, 0.2) is 0 Å². The molecule has 344 valence electrons. The molecule has 3 fully saturated rings. The molecule has 1 saturated carbocycles. The molecule has 1 aliphatic carbocycles. The second-order valence-corrected chi connectivity index (χ2v) is 18.1. The summed E-state index contributed by atoms with van der Waals surface area (Å²) in [5.74, 6) is 2.26. The van der Waals surface area contributed by atoms with Gasteiger partial charge in [0, 0.05) is 54.9 Å². The van der Waals surface area contributed by atoms with Gasteiger partial charge in [-0.2, -0.15) is 0 Å². The highest BCUT2D eigenvalue weighted by Crippen LogP contribution is 2.48. The number of benzene rings is 3. The molecule has 0 bridgehead atoms. The maximum Gasteiger partial charge on any atom is 0.407 e. The van der Waals surface area contributed by atoms with Crippen molar-refractivity contribution in [2.75, 3.05) is 35.0 Å². The first-order valence-corrected chi connectivity index (χ1v) is 22.5. The number of imidazole rings is 2. The van der Waals surface area contributed by atoms with Crippen LogP contribution in [0.15, 0.2) is 42.5 Å². The summed E-state index contributed by atoms with van der Waals surface area (Å²) in [6.07, 6.45) is 1.78. The SMILES string of the molecule is COC(=O)NC(C(=O)N1[C@@H](C)CC[C@H]1c1nc2c(ccc3cc4c(cc32)OCc2cc(-c3nc([C@@H]5C[C@H](C)CN5C(=O)[C@@H](NC(=O)OC)C(C)OC)[nH]c3C3CC3)ccc2-4)[nH]1)[C@@H](C)OC. The number of aromatic nitrogens is 4. The molecule has 3 aliphatic heterocycles. The lowest BCUT2D eigenvalue weighted by Crippen LogP contribution is -2.55. The molecule has 4 aliphatic rings. The molecule has 0 spiro atoms. The molecule has 17 nitrogen and oxygen atoms in total. The number of carbonyl (C=O) groups excluding carboxylic acids is 4. The number of rotatable bonds is 12. The normalized spacial score (nSPS) is 22.2. The van der Waals surface area contributed by atoms with E-state index in [0.717, 1.165) is 92.7 Å². The summed E-state index contributed by atoms with van der Waals surface area (Å²) in [5, 5.41) is 7.29. The molecule has 8 atom stereocenters. The summed E-state index contributed by atoms with van der Waals surface area (Å²) in [6.45, 7) is 8.52. The van der Waals surface area contributed by atoms with Crippen molar-refractivity contribution in [2.45, 2.75) is 115 Å². The fourth-order valence-electron chi connectivity index (χ4n) is 9.98. The Morgan fingerprint density at radius 1 is 0.785 bits per heavy atom. The van der Waals surface area contributed by atoms with Crippen molar-refractivity contribution in [1.29, 1.82) is 0 Å². The molecule has 9 rings (SSSR count). The number of fused-ring (bicyclic) bond motifs is 6. The molecular weight excluding hydrogens is 833 g/mol. The van der Waals surface area contributed by atoms with Crippen molar-refractivity contribution in [1.82, 2.24) is 40.4 Å². The predicted molar refractivity (Wildman–Crippen MR) is 241 cm³/mol. The standard InChI is InChI=1S/C48H58N8O9/c1-23-17-36(55(21-23)45(57)38(25(3)61-5)53-47(59)63-7)44-50-40(27-10-11-27)41(51-44)29-12-14-31-30(18-29)22-65-37-20-32-28(19-33(31)37)13-15-34-42(32)52-43(49-34)35-16-9-24(2)56(35)46(58)39(26(4)62-6)54-48(60)64-8/h12-15,18-20,23-27,35-36,38-39H,9-11,16-17,21-22H2,1-8H3,(H,49,52)(H,50,51)(H,53,59)(H,54,60)/t23-,24-,25?,26+,35-,36-,38-,39?/m0/s1. The second kappa shape index (κ2) is 17.6. The van der Waals surface area contributed by atoms with Gasteiger partial charge in [0.05, 0.1) is 55.2 Å². The zero-order chi connectivity index (χ0) is 45.8. The first-order chi connectivity index (χ1) is 31.3. The van der Waals surface area contributed by atoms with Crippen LogP contribution >= 0.6 is 0 Å². The lowest BCUT2D eigenvalue weighted by molar-refractivity contribution is -0.139. The quantitative estimate of drug-likeness (QED) is 0.100. The number of methoxy groups -OCH3 is 4. The zero-order valence-electron chi connectivity index (χ0n) is 38.2. The molecule has 5 aromatic rings. The van der Waals surface area contributed by atoms with Crippen molar-refractivity contribution in [3.8, 4) is 28.1 Å². The molecule has 4 N–H and O–H groups in total. The highest BCUT2D eigenvalue weighted by molar-refractivity contribution is 6.07. The number of likely N-dealkylation sites (tertiary alicyclic amines) is 2. The predicted octanol–water partition coefficient (Wildman–Crippen LogP) is 7.02. The van der Waals surface area contributed by atoms with Gasteiger partial charge in [0.2, 0.25) is 11.8 Å². The molecule has 0 radical (unpaired) electrons. The number of nitrogens with zero attached hydrogens (tertiary/aromatic N) is 4. The van der Waals surface area contributed by atoms with E-state index in [2.05, 4.69) is 63.9 Å². The average molecular weight is 891 g/mol. The zero-order valence-corrected chi connectivity index (χ0v) is 38.2. The Bertz CT molecular complexity index is 2660. The number of ether oxygens (including phenoxy) is 5. The molecular formula is C48H58N8O9. The molecule has 5 heterocycles. The Morgan fingerprint density at radius 2 is 1.48 bits per heavy atom.